The van der Waals surface area contributed by atoms with E-state index in [1.807, 2.05) is 4.72 Å². The Bertz CT molecular complexity index is 1730. The Labute approximate surface area is 260 Å². The van der Waals surface area contributed by atoms with Gasteiger partial charge in [-0.2, -0.15) is 13.2 Å². The number of hydrogen-bond donors (Lipinski definition) is 2. The van der Waals surface area contributed by atoms with E-state index in [0.29, 0.717) is 12.8 Å². The maximum absolute atomic E-state index is 14.6. The summed E-state index contributed by atoms with van der Waals surface area (Å²) >= 11 is 0. The minimum atomic E-state index is -4.86. The van der Waals surface area contributed by atoms with Crippen molar-refractivity contribution in [2.45, 2.75) is 62.6 Å². The quantitative estimate of drug-likeness (QED) is 0.248. The number of amides is 1. The molecule has 1 saturated carbocycles. The van der Waals surface area contributed by atoms with E-state index < -0.39 is 55.4 Å². The number of hydrogen-bond acceptors (Lipinski definition) is 6. The summed E-state index contributed by atoms with van der Waals surface area (Å²) in [6, 6.07) is 12.7. The minimum Gasteiger partial charge on any atom is -0.351 e. The largest absolute Gasteiger partial charge is 0.433 e. The fourth-order valence-corrected chi connectivity index (χ4v) is 7.29. The second kappa shape index (κ2) is 13.7. The molecule has 2 aromatic carbocycles. The summed E-state index contributed by atoms with van der Waals surface area (Å²) in [6.45, 7) is 1.01. The first-order valence-corrected chi connectivity index (χ1v) is 17.6. The second-order valence-corrected chi connectivity index (χ2v) is 14.7. The lowest BCUT2D eigenvalue weighted by Gasteiger charge is -2.31. The molecule has 0 saturated heterocycles. The highest BCUT2D eigenvalue weighted by molar-refractivity contribution is 7.93. The molecule has 1 aliphatic carbocycles. The van der Waals surface area contributed by atoms with Gasteiger partial charge in [-0.3, -0.25) is 9.52 Å². The predicted octanol–water partition coefficient (Wildman–Crippen LogP) is 5.81. The van der Waals surface area contributed by atoms with Gasteiger partial charge in [0, 0.05) is 18.7 Å². The Morgan fingerprint density at radius 1 is 1.00 bits per heavy atom. The van der Waals surface area contributed by atoms with Crippen molar-refractivity contribution in [2.75, 3.05) is 21.8 Å². The number of sulfonamides is 2. The average molecular weight is 671 g/mol. The van der Waals surface area contributed by atoms with Gasteiger partial charge >= 0.3 is 6.18 Å². The van der Waals surface area contributed by atoms with Crippen LogP contribution in [0.1, 0.15) is 61.8 Å². The number of anilines is 2. The first kappa shape index (κ1) is 34.2. The van der Waals surface area contributed by atoms with E-state index in [4.69, 9.17) is 0 Å². The minimum absolute atomic E-state index is 0.0396. The molecule has 1 unspecified atom stereocenters. The van der Waals surface area contributed by atoms with Gasteiger partial charge in [-0.25, -0.2) is 30.5 Å². The predicted molar refractivity (Wildman–Crippen MR) is 162 cm³/mol. The molecule has 0 spiro atoms. The van der Waals surface area contributed by atoms with E-state index in [0.717, 1.165) is 48.0 Å². The summed E-state index contributed by atoms with van der Waals surface area (Å²) in [4.78, 5) is 16.8. The van der Waals surface area contributed by atoms with Crippen LogP contribution in [0.3, 0.4) is 0 Å². The van der Waals surface area contributed by atoms with E-state index in [2.05, 4.69) is 10.3 Å². The number of carbonyl (C=O) groups is 1. The van der Waals surface area contributed by atoms with E-state index >= 15 is 0 Å². The summed E-state index contributed by atoms with van der Waals surface area (Å²) in [6.07, 6.45) is 0.137. The Morgan fingerprint density at radius 3 is 2.27 bits per heavy atom. The molecule has 1 aromatic heterocycles. The molecule has 9 nitrogen and oxygen atoms in total. The molecule has 0 aliphatic heterocycles. The monoisotopic (exact) mass is 670 g/mol. The van der Waals surface area contributed by atoms with Crippen LogP contribution in [0.2, 0.25) is 0 Å². The molecule has 15 heteroatoms. The maximum atomic E-state index is 14.6. The van der Waals surface area contributed by atoms with Crippen molar-refractivity contribution in [3.63, 3.8) is 0 Å². The van der Waals surface area contributed by atoms with Gasteiger partial charge < -0.3 is 5.32 Å². The van der Waals surface area contributed by atoms with Crippen LogP contribution in [0.5, 0.6) is 0 Å². The van der Waals surface area contributed by atoms with Crippen LogP contribution in [0.15, 0.2) is 65.6 Å². The number of halogens is 4. The first-order valence-electron chi connectivity index (χ1n) is 14.3. The summed E-state index contributed by atoms with van der Waals surface area (Å²) in [7, 11) is -8.10. The normalized spacial score (nSPS) is 15.3. The molecule has 4 rings (SSSR count). The van der Waals surface area contributed by atoms with Crippen molar-refractivity contribution in [2.24, 2.45) is 5.92 Å². The highest BCUT2D eigenvalue weighted by Gasteiger charge is 2.36. The van der Waals surface area contributed by atoms with Crippen molar-refractivity contribution < 1.29 is 39.2 Å². The Kier molecular flexibility index (Phi) is 10.4. The number of rotatable bonds is 11. The lowest BCUT2D eigenvalue weighted by Crippen LogP contribution is -2.38. The average Bonchev–Trinajstić information content (AvgIpc) is 2.99. The SMILES string of the molecule is CC(C(=O)NCc1ccc(C(F)(F)F)nc1N(CC1CCCCC1)S(=O)(=O)c1ccccc1)c1ccc(NS(C)(=O)=O)c(F)c1. The van der Waals surface area contributed by atoms with E-state index in [1.165, 1.54) is 43.3 Å². The number of alkyl halides is 3. The zero-order valence-electron chi connectivity index (χ0n) is 24.6. The number of nitrogens with one attached hydrogen (secondary N) is 2. The van der Waals surface area contributed by atoms with Crippen LogP contribution < -0.4 is 14.3 Å². The molecule has 0 radical (unpaired) electrons. The molecule has 1 fully saturated rings. The van der Waals surface area contributed by atoms with Crippen LogP contribution >= 0.6 is 0 Å². The maximum Gasteiger partial charge on any atom is 0.433 e. The van der Waals surface area contributed by atoms with Crippen molar-refractivity contribution >= 4 is 37.5 Å². The number of pyridine rings is 1. The van der Waals surface area contributed by atoms with Gasteiger partial charge in [-0.05, 0) is 61.6 Å². The van der Waals surface area contributed by atoms with Gasteiger partial charge in [0.25, 0.3) is 10.0 Å². The van der Waals surface area contributed by atoms with Crippen LogP contribution in [0, 0.1) is 11.7 Å². The van der Waals surface area contributed by atoms with Gasteiger partial charge in [0.2, 0.25) is 15.9 Å². The first-order chi connectivity index (χ1) is 21.1. The molecule has 1 amide bonds. The lowest BCUT2D eigenvalue weighted by atomic mass is 9.89. The van der Waals surface area contributed by atoms with Crippen LogP contribution in [-0.2, 0) is 37.6 Å². The fourth-order valence-electron chi connectivity index (χ4n) is 5.18. The Morgan fingerprint density at radius 2 is 1.67 bits per heavy atom. The third kappa shape index (κ3) is 8.72. The molecule has 244 valence electrons. The third-order valence-corrected chi connectivity index (χ3v) is 9.96. The van der Waals surface area contributed by atoms with Crippen molar-refractivity contribution in [1.82, 2.24) is 10.3 Å². The van der Waals surface area contributed by atoms with E-state index in [9.17, 15) is 39.2 Å². The van der Waals surface area contributed by atoms with E-state index in [1.54, 1.807) is 6.07 Å². The molecular weight excluding hydrogens is 636 g/mol. The molecule has 2 N–H and O–H groups in total. The van der Waals surface area contributed by atoms with Gasteiger partial charge in [-0.15, -0.1) is 0 Å². The highest BCUT2D eigenvalue weighted by Crippen LogP contribution is 2.35. The van der Waals surface area contributed by atoms with Gasteiger partial charge in [-0.1, -0.05) is 49.6 Å². The molecular formula is C30H34F4N4O5S2. The Hall–Kier alpha value is -3.72. The smallest absolute Gasteiger partial charge is 0.351 e. The molecule has 1 atom stereocenters. The standard InChI is InChI=1S/C30H34F4N4O5S2/c1-20(22-13-15-26(25(31)17-22)37-44(2,40)41)29(39)35-18-23-14-16-27(30(32,33)34)36-28(23)38(19-21-9-5-3-6-10-21)45(42,43)24-11-7-4-8-12-24/h4,7-8,11-17,20-21,37H,3,5-6,9-10,18-19H2,1-2H3,(H,35,39). The summed E-state index contributed by atoms with van der Waals surface area (Å²) in [5.41, 5.74) is -1.33. The fraction of sp³-hybridized carbons (Fsp3) is 0.400. The van der Waals surface area contributed by atoms with Gasteiger partial charge in [0.15, 0.2) is 0 Å². The molecule has 0 bridgehead atoms. The zero-order valence-corrected chi connectivity index (χ0v) is 26.3. The third-order valence-electron chi connectivity index (χ3n) is 7.60. The summed E-state index contributed by atoms with van der Waals surface area (Å²) in [5.74, 6) is -3.03. The zero-order chi connectivity index (χ0) is 33.0. The van der Waals surface area contributed by atoms with Crippen LogP contribution in [0.25, 0.3) is 0 Å². The summed E-state index contributed by atoms with van der Waals surface area (Å²) < 4.78 is 110. The number of nitrogens with zero attached hydrogens (tertiary/aromatic N) is 2. The number of benzene rings is 2. The highest BCUT2D eigenvalue weighted by atomic mass is 32.2. The van der Waals surface area contributed by atoms with Gasteiger partial charge in [0.1, 0.15) is 17.3 Å². The molecule has 1 heterocycles. The number of aromatic nitrogens is 1. The van der Waals surface area contributed by atoms with Crippen LogP contribution in [-0.4, -0.2) is 40.5 Å². The lowest BCUT2D eigenvalue weighted by molar-refractivity contribution is -0.141. The molecule has 3 aromatic rings. The van der Waals surface area contributed by atoms with E-state index in [-0.39, 0.29) is 40.7 Å². The molecule has 45 heavy (non-hydrogen) atoms. The second-order valence-electron chi connectivity index (χ2n) is 11.1. The van der Waals surface area contributed by atoms with Crippen molar-refractivity contribution in [1.29, 1.82) is 0 Å². The summed E-state index contributed by atoms with van der Waals surface area (Å²) in [5, 5.41) is 2.60. The van der Waals surface area contributed by atoms with Crippen LogP contribution in [0.4, 0.5) is 29.1 Å². The van der Waals surface area contributed by atoms with Gasteiger partial charge in [0.05, 0.1) is 22.8 Å². The van der Waals surface area contributed by atoms with Crippen molar-refractivity contribution in [3.8, 4) is 0 Å². The number of carbonyl (C=O) groups excluding carboxylic acids is 1. The van der Waals surface area contributed by atoms with Crippen molar-refractivity contribution in [3.05, 3.63) is 83.3 Å². The Balaban J connectivity index is 1.67. The topological polar surface area (TPSA) is 126 Å². The molecule has 1 aliphatic rings.